The lowest BCUT2D eigenvalue weighted by Crippen LogP contribution is -2.37. The molecule has 0 aliphatic heterocycles. The van der Waals surface area contributed by atoms with Crippen LogP contribution in [0.5, 0.6) is 11.5 Å². The Balaban J connectivity index is 1.50. The highest BCUT2D eigenvalue weighted by Crippen LogP contribution is 2.28. The van der Waals surface area contributed by atoms with Crippen LogP contribution >= 0.6 is 11.8 Å². The van der Waals surface area contributed by atoms with Crippen LogP contribution in [0.1, 0.15) is 50.4 Å². The summed E-state index contributed by atoms with van der Waals surface area (Å²) >= 11 is 1.37. The second-order valence-corrected chi connectivity index (χ2v) is 8.94. The van der Waals surface area contributed by atoms with Crippen LogP contribution in [0, 0.1) is 0 Å². The lowest BCUT2D eigenvalue weighted by molar-refractivity contribution is -0.119. The number of benzene rings is 1. The number of carbonyl (C=O) groups is 2. The number of nitrogens with one attached hydrogen (secondary N) is 2. The minimum atomic E-state index is -0.249. The molecule has 10 heteroatoms. The zero-order chi connectivity index (χ0) is 24.3. The molecular weight excluding hydrogens is 454 g/mol. The van der Waals surface area contributed by atoms with Crippen LogP contribution in [0.3, 0.4) is 0 Å². The zero-order valence-corrected chi connectivity index (χ0v) is 20.8. The maximum absolute atomic E-state index is 12.3. The number of ether oxygens (including phenoxy) is 2. The third-order valence-electron chi connectivity index (χ3n) is 5.67. The van der Waals surface area contributed by atoms with Crippen molar-refractivity contribution in [3.05, 3.63) is 35.7 Å². The van der Waals surface area contributed by atoms with E-state index in [1.165, 1.54) is 37.1 Å². The van der Waals surface area contributed by atoms with Crippen molar-refractivity contribution >= 4 is 29.7 Å². The molecule has 184 valence electrons. The monoisotopic (exact) mass is 487 g/mol. The fraction of sp³-hybridized carbons (Fsp3) is 0.500. The van der Waals surface area contributed by atoms with Gasteiger partial charge in [-0.3, -0.25) is 9.59 Å². The second-order valence-electron chi connectivity index (χ2n) is 8.00. The van der Waals surface area contributed by atoms with E-state index in [0.717, 1.165) is 18.4 Å². The van der Waals surface area contributed by atoms with Gasteiger partial charge in [0.2, 0.25) is 11.8 Å². The number of methoxy groups -OCH3 is 2. The number of thioether (sulfide) groups is 1. The summed E-state index contributed by atoms with van der Waals surface area (Å²) in [6.07, 6.45) is 8.90. The summed E-state index contributed by atoms with van der Waals surface area (Å²) in [5.74, 6) is 1.95. The van der Waals surface area contributed by atoms with E-state index in [0.29, 0.717) is 40.8 Å². The molecule has 9 nitrogen and oxygen atoms in total. The first-order valence-corrected chi connectivity index (χ1v) is 12.5. The largest absolute Gasteiger partial charge is 0.493 e. The first-order valence-electron chi connectivity index (χ1n) is 11.6. The molecule has 0 radical (unpaired) electrons. The molecule has 0 unspecified atom stereocenters. The average molecular weight is 488 g/mol. The highest BCUT2D eigenvalue weighted by Gasteiger charge is 2.17. The Morgan fingerprint density at radius 2 is 1.91 bits per heavy atom. The quantitative estimate of drug-likeness (QED) is 0.370. The van der Waals surface area contributed by atoms with E-state index in [1.54, 1.807) is 32.4 Å². The van der Waals surface area contributed by atoms with Gasteiger partial charge in [-0.2, -0.15) is 0 Å². The first-order chi connectivity index (χ1) is 16.5. The van der Waals surface area contributed by atoms with Crippen molar-refractivity contribution in [2.75, 3.05) is 20.0 Å². The highest BCUT2D eigenvalue weighted by molar-refractivity contribution is 7.99. The number of rotatable bonds is 11. The molecule has 34 heavy (non-hydrogen) atoms. The molecule has 2 amide bonds. The predicted octanol–water partition coefficient (Wildman–Crippen LogP) is 3.19. The number of nitrogens with zero attached hydrogens (tertiary/aromatic N) is 3. The molecule has 2 aromatic rings. The van der Waals surface area contributed by atoms with Crippen LogP contribution in [-0.2, 0) is 22.7 Å². The van der Waals surface area contributed by atoms with E-state index in [-0.39, 0.29) is 18.4 Å². The van der Waals surface area contributed by atoms with Gasteiger partial charge >= 0.3 is 0 Å². The Morgan fingerprint density at radius 3 is 2.62 bits per heavy atom. The van der Waals surface area contributed by atoms with Crippen LogP contribution in [0.4, 0.5) is 0 Å². The molecular formula is C24H33N5O4S. The summed E-state index contributed by atoms with van der Waals surface area (Å²) in [4.78, 5) is 24.6. The molecule has 0 spiro atoms. The van der Waals surface area contributed by atoms with Gasteiger partial charge in [0, 0.05) is 18.7 Å². The van der Waals surface area contributed by atoms with E-state index in [2.05, 4.69) is 20.8 Å². The Kier molecular flexibility index (Phi) is 9.81. The smallest absolute Gasteiger partial charge is 0.244 e. The van der Waals surface area contributed by atoms with Crippen molar-refractivity contribution in [1.82, 2.24) is 25.4 Å². The summed E-state index contributed by atoms with van der Waals surface area (Å²) in [7, 11) is 3.14. The number of carbonyl (C=O) groups excluding carboxylic acids is 2. The maximum atomic E-state index is 12.3. The lowest BCUT2D eigenvalue weighted by Gasteiger charge is -2.22. The highest BCUT2D eigenvalue weighted by atomic mass is 32.2. The summed E-state index contributed by atoms with van der Waals surface area (Å²) < 4.78 is 12.4. The van der Waals surface area contributed by atoms with Crippen LogP contribution in [0.15, 0.2) is 29.4 Å². The molecule has 0 bridgehead atoms. The molecule has 0 saturated heterocycles. The fourth-order valence-electron chi connectivity index (χ4n) is 3.87. The van der Waals surface area contributed by atoms with Crippen LogP contribution in [0.25, 0.3) is 6.08 Å². The third kappa shape index (κ3) is 7.24. The molecule has 1 aliphatic carbocycles. The molecule has 0 atom stereocenters. The predicted molar refractivity (Wildman–Crippen MR) is 132 cm³/mol. The van der Waals surface area contributed by atoms with Gasteiger partial charge in [-0.05, 0) is 43.5 Å². The van der Waals surface area contributed by atoms with Gasteiger partial charge in [-0.25, -0.2) is 0 Å². The Morgan fingerprint density at radius 1 is 1.15 bits per heavy atom. The van der Waals surface area contributed by atoms with E-state index in [4.69, 9.17) is 9.47 Å². The summed E-state index contributed by atoms with van der Waals surface area (Å²) in [5.41, 5.74) is 0.815. The van der Waals surface area contributed by atoms with Crippen LogP contribution in [0.2, 0.25) is 0 Å². The molecule has 3 rings (SSSR count). The molecule has 1 aromatic carbocycles. The molecule has 1 aromatic heterocycles. The standard InChI is InChI=1S/C24H33N5O4S/c1-4-29-21(27-28-24(29)34-16-23(31)26-18-8-6-5-7-9-18)15-25-22(30)13-11-17-10-12-19(32-2)20(14-17)33-3/h10-14,18H,4-9,15-16H2,1-3H3,(H,25,30)(H,26,31)/b13-11+. The molecule has 1 saturated carbocycles. The molecule has 2 N–H and O–H groups in total. The normalized spacial score (nSPS) is 14.2. The molecule has 1 aliphatic rings. The van der Waals surface area contributed by atoms with Gasteiger partial charge in [0.15, 0.2) is 22.5 Å². The number of hydrogen-bond acceptors (Lipinski definition) is 7. The Hall–Kier alpha value is -3.01. The Labute approximate surface area is 204 Å². The zero-order valence-electron chi connectivity index (χ0n) is 20.0. The Bertz CT molecular complexity index is 1000. The molecule has 1 heterocycles. The SMILES string of the molecule is CCn1c(CNC(=O)/C=C/c2ccc(OC)c(OC)c2)nnc1SCC(=O)NC1CCCCC1. The first kappa shape index (κ1) is 25.6. The van der Waals surface area contributed by atoms with Crippen molar-refractivity contribution < 1.29 is 19.1 Å². The number of hydrogen-bond donors (Lipinski definition) is 2. The fourth-order valence-corrected chi connectivity index (χ4v) is 4.71. The average Bonchev–Trinajstić information content (AvgIpc) is 3.27. The van der Waals surface area contributed by atoms with Crippen molar-refractivity contribution in [3.63, 3.8) is 0 Å². The van der Waals surface area contributed by atoms with Gasteiger partial charge in [-0.1, -0.05) is 37.1 Å². The van der Waals surface area contributed by atoms with E-state index < -0.39 is 0 Å². The van der Waals surface area contributed by atoms with Crippen molar-refractivity contribution in [2.24, 2.45) is 0 Å². The summed E-state index contributed by atoms with van der Waals surface area (Å²) in [6.45, 7) is 2.87. The van der Waals surface area contributed by atoms with Gasteiger partial charge in [-0.15, -0.1) is 10.2 Å². The van der Waals surface area contributed by atoms with Crippen LogP contribution < -0.4 is 20.1 Å². The number of aromatic nitrogens is 3. The van der Waals surface area contributed by atoms with Crippen molar-refractivity contribution in [3.8, 4) is 11.5 Å². The van der Waals surface area contributed by atoms with Gasteiger partial charge < -0.3 is 24.7 Å². The number of amides is 2. The lowest BCUT2D eigenvalue weighted by atomic mass is 9.95. The van der Waals surface area contributed by atoms with Crippen molar-refractivity contribution in [1.29, 1.82) is 0 Å². The minimum Gasteiger partial charge on any atom is -0.493 e. The maximum Gasteiger partial charge on any atom is 0.244 e. The van der Waals surface area contributed by atoms with Crippen LogP contribution in [-0.4, -0.2) is 52.6 Å². The third-order valence-corrected chi connectivity index (χ3v) is 6.63. The van der Waals surface area contributed by atoms with Gasteiger partial charge in [0.1, 0.15) is 0 Å². The molecule has 1 fully saturated rings. The van der Waals surface area contributed by atoms with E-state index in [1.807, 2.05) is 17.6 Å². The summed E-state index contributed by atoms with van der Waals surface area (Å²) in [5, 5.41) is 15.0. The van der Waals surface area contributed by atoms with E-state index >= 15 is 0 Å². The van der Waals surface area contributed by atoms with Gasteiger partial charge in [0.25, 0.3) is 0 Å². The van der Waals surface area contributed by atoms with Crippen molar-refractivity contribution in [2.45, 2.75) is 63.3 Å². The minimum absolute atomic E-state index is 0.0257. The summed E-state index contributed by atoms with van der Waals surface area (Å²) in [6, 6.07) is 5.72. The van der Waals surface area contributed by atoms with Gasteiger partial charge in [0.05, 0.1) is 26.5 Å². The second kappa shape index (κ2) is 13.0. The topological polar surface area (TPSA) is 107 Å². The van der Waals surface area contributed by atoms with E-state index in [9.17, 15) is 9.59 Å².